The molecule has 0 spiro atoms. The highest BCUT2D eigenvalue weighted by molar-refractivity contribution is 5.78. The molecular formula is C23H23F5O. The third kappa shape index (κ3) is 3.99. The number of hydrogen-bond acceptors (Lipinski definition) is 1. The van der Waals surface area contributed by atoms with Crippen LogP contribution in [0.15, 0.2) is 24.3 Å². The molecule has 0 aromatic heterocycles. The molecule has 2 aliphatic carbocycles. The quantitative estimate of drug-likeness (QED) is 0.405. The number of hydrogen-bond donors (Lipinski definition) is 0. The van der Waals surface area contributed by atoms with Gasteiger partial charge in [0.05, 0.1) is 0 Å². The zero-order valence-corrected chi connectivity index (χ0v) is 16.2. The lowest BCUT2D eigenvalue weighted by atomic mass is 9.77. The third-order valence-corrected chi connectivity index (χ3v) is 6.30. The van der Waals surface area contributed by atoms with E-state index in [9.17, 15) is 22.0 Å². The van der Waals surface area contributed by atoms with Gasteiger partial charge in [0.25, 0.3) is 0 Å². The summed E-state index contributed by atoms with van der Waals surface area (Å²) in [5.41, 5.74) is 3.06. The van der Waals surface area contributed by atoms with Gasteiger partial charge >= 0.3 is 6.36 Å². The average Bonchev–Trinajstić information content (AvgIpc) is 3.03. The van der Waals surface area contributed by atoms with E-state index in [4.69, 9.17) is 0 Å². The van der Waals surface area contributed by atoms with E-state index in [1.165, 1.54) is 31.2 Å². The van der Waals surface area contributed by atoms with Gasteiger partial charge in [-0.25, -0.2) is 8.78 Å². The Kier molecular flexibility index (Phi) is 5.30. The maximum atomic E-state index is 14.6. The van der Waals surface area contributed by atoms with Gasteiger partial charge in [0.2, 0.25) is 5.75 Å². The molecule has 2 aromatic carbocycles. The highest BCUT2D eigenvalue weighted by atomic mass is 19.4. The van der Waals surface area contributed by atoms with E-state index in [0.717, 1.165) is 30.4 Å². The molecule has 2 aliphatic rings. The molecule has 0 radical (unpaired) electrons. The number of halogens is 5. The Bertz CT molecular complexity index is 910. The molecule has 2 aromatic rings. The molecule has 0 N–H and O–H groups in total. The van der Waals surface area contributed by atoms with Crippen molar-refractivity contribution in [1.29, 1.82) is 0 Å². The van der Waals surface area contributed by atoms with E-state index in [1.54, 1.807) is 0 Å². The molecule has 156 valence electrons. The minimum absolute atomic E-state index is 0.0597. The molecule has 0 unspecified atom stereocenters. The van der Waals surface area contributed by atoms with Gasteiger partial charge in [-0.05, 0) is 65.8 Å². The topological polar surface area (TPSA) is 9.23 Å². The molecule has 0 aliphatic heterocycles. The lowest BCUT2D eigenvalue weighted by Gasteiger charge is -2.29. The zero-order chi connectivity index (χ0) is 20.8. The largest absolute Gasteiger partial charge is 0.573 e. The van der Waals surface area contributed by atoms with E-state index < -0.39 is 23.7 Å². The standard InChI is InChI=1S/C23H23F5O/c1-2-3-13-4-6-14(7-5-13)15-8-9-17-16(10-15)11-19-18(17)12-20(24)22(21(19)25)29-23(26,27)28/h8-10,12-14H,2-7,11H2,1H3. The number of rotatable bonds is 4. The summed E-state index contributed by atoms with van der Waals surface area (Å²) < 4.78 is 69.8. The summed E-state index contributed by atoms with van der Waals surface area (Å²) in [5, 5.41) is 0. The molecule has 29 heavy (non-hydrogen) atoms. The first kappa shape index (κ1) is 20.2. The van der Waals surface area contributed by atoms with Gasteiger partial charge < -0.3 is 4.74 Å². The van der Waals surface area contributed by atoms with Crippen molar-refractivity contribution in [2.75, 3.05) is 0 Å². The van der Waals surface area contributed by atoms with Crippen LogP contribution in [0.2, 0.25) is 0 Å². The summed E-state index contributed by atoms with van der Waals surface area (Å²) in [7, 11) is 0. The maximum absolute atomic E-state index is 14.6. The van der Waals surface area contributed by atoms with Crippen LogP contribution in [0, 0.1) is 17.6 Å². The fraction of sp³-hybridized carbons (Fsp3) is 0.478. The lowest BCUT2D eigenvalue weighted by Crippen LogP contribution is -2.19. The fourth-order valence-corrected chi connectivity index (χ4v) is 4.92. The summed E-state index contributed by atoms with van der Waals surface area (Å²) in [5.74, 6) is -2.75. The maximum Gasteiger partial charge on any atom is 0.573 e. The van der Waals surface area contributed by atoms with Gasteiger partial charge in [0, 0.05) is 12.0 Å². The summed E-state index contributed by atoms with van der Waals surface area (Å²) in [6, 6.07) is 6.80. The normalized spacial score (nSPS) is 21.0. The van der Waals surface area contributed by atoms with E-state index in [0.29, 0.717) is 17.0 Å². The molecule has 0 amide bonds. The van der Waals surface area contributed by atoms with Crippen LogP contribution in [-0.2, 0) is 6.42 Å². The van der Waals surface area contributed by atoms with Crippen molar-refractivity contribution in [3.05, 3.63) is 52.6 Å². The second kappa shape index (κ2) is 7.62. The predicted molar refractivity (Wildman–Crippen MR) is 101 cm³/mol. The molecular weight excluding hydrogens is 387 g/mol. The Balaban J connectivity index is 1.59. The van der Waals surface area contributed by atoms with Crippen molar-refractivity contribution in [1.82, 2.24) is 0 Å². The van der Waals surface area contributed by atoms with E-state index in [-0.39, 0.29) is 12.0 Å². The van der Waals surface area contributed by atoms with Crippen LogP contribution in [0.1, 0.15) is 68.1 Å². The monoisotopic (exact) mass is 410 g/mol. The molecule has 0 atom stereocenters. The third-order valence-electron chi connectivity index (χ3n) is 6.30. The van der Waals surface area contributed by atoms with Crippen LogP contribution in [0.4, 0.5) is 22.0 Å². The van der Waals surface area contributed by atoms with Crippen molar-refractivity contribution in [2.45, 2.75) is 64.1 Å². The molecule has 0 bridgehead atoms. The van der Waals surface area contributed by atoms with Gasteiger partial charge in [0.15, 0.2) is 11.6 Å². The van der Waals surface area contributed by atoms with Crippen molar-refractivity contribution in [3.63, 3.8) is 0 Å². The summed E-state index contributed by atoms with van der Waals surface area (Å²) in [6.45, 7) is 2.21. The van der Waals surface area contributed by atoms with Crippen molar-refractivity contribution in [3.8, 4) is 16.9 Å². The minimum atomic E-state index is -5.15. The number of ether oxygens (including phenoxy) is 1. The first-order valence-corrected chi connectivity index (χ1v) is 10.2. The fourth-order valence-electron chi connectivity index (χ4n) is 4.92. The molecule has 0 saturated heterocycles. The molecule has 1 saturated carbocycles. The molecule has 4 rings (SSSR count). The van der Waals surface area contributed by atoms with Crippen molar-refractivity contribution < 1.29 is 26.7 Å². The average molecular weight is 410 g/mol. The lowest BCUT2D eigenvalue weighted by molar-refractivity contribution is -0.276. The Hall–Kier alpha value is -2.11. The number of alkyl halides is 3. The molecule has 1 fully saturated rings. The van der Waals surface area contributed by atoms with E-state index in [2.05, 4.69) is 11.7 Å². The second-order valence-corrected chi connectivity index (χ2v) is 8.18. The van der Waals surface area contributed by atoms with E-state index in [1.807, 2.05) is 18.2 Å². The van der Waals surface area contributed by atoms with Crippen LogP contribution >= 0.6 is 0 Å². The Morgan fingerprint density at radius 1 is 1.00 bits per heavy atom. The van der Waals surface area contributed by atoms with Crippen LogP contribution in [-0.4, -0.2) is 6.36 Å². The van der Waals surface area contributed by atoms with Crippen molar-refractivity contribution in [2.24, 2.45) is 5.92 Å². The van der Waals surface area contributed by atoms with Gasteiger partial charge in [-0.15, -0.1) is 13.2 Å². The first-order chi connectivity index (χ1) is 13.8. The van der Waals surface area contributed by atoms with Crippen molar-refractivity contribution >= 4 is 0 Å². The summed E-state index contributed by atoms with van der Waals surface area (Å²) >= 11 is 0. The zero-order valence-electron chi connectivity index (χ0n) is 16.2. The van der Waals surface area contributed by atoms with E-state index >= 15 is 0 Å². The SMILES string of the molecule is CCCC1CCC(c2ccc3c(c2)Cc2c-3cc(F)c(OC(F)(F)F)c2F)CC1. The number of benzene rings is 2. The second-order valence-electron chi connectivity index (χ2n) is 8.18. The molecule has 0 heterocycles. The minimum Gasteiger partial charge on any atom is -0.399 e. The highest BCUT2D eigenvalue weighted by Crippen LogP contribution is 2.45. The number of fused-ring (bicyclic) bond motifs is 3. The van der Waals surface area contributed by atoms with Gasteiger partial charge in [-0.3, -0.25) is 0 Å². The first-order valence-electron chi connectivity index (χ1n) is 10.2. The van der Waals surface area contributed by atoms with Gasteiger partial charge in [-0.1, -0.05) is 38.0 Å². The smallest absolute Gasteiger partial charge is 0.399 e. The predicted octanol–water partition coefficient (Wildman–Crippen LogP) is 7.51. The van der Waals surface area contributed by atoms with Gasteiger partial charge in [0.1, 0.15) is 0 Å². The Labute approximate surface area is 166 Å². The highest BCUT2D eigenvalue weighted by Gasteiger charge is 2.36. The van der Waals surface area contributed by atoms with Gasteiger partial charge in [-0.2, -0.15) is 0 Å². The molecule has 6 heteroatoms. The van der Waals surface area contributed by atoms with Crippen LogP contribution < -0.4 is 4.74 Å². The summed E-state index contributed by atoms with van der Waals surface area (Å²) in [6.07, 6.45) is 2.09. The van der Waals surface area contributed by atoms with Crippen LogP contribution in [0.5, 0.6) is 5.75 Å². The van der Waals surface area contributed by atoms with Crippen LogP contribution in [0.3, 0.4) is 0 Å². The molecule has 1 nitrogen and oxygen atoms in total. The Morgan fingerprint density at radius 3 is 2.38 bits per heavy atom. The van der Waals surface area contributed by atoms with Crippen LogP contribution in [0.25, 0.3) is 11.1 Å². The summed E-state index contributed by atoms with van der Waals surface area (Å²) in [4.78, 5) is 0. The Morgan fingerprint density at radius 2 is 1.72 bits per heavy atom.